The molecule has 1 aromatic heterocycles. The van der Waals surface area contributed by atoms with E-state index in [2.05, 4.69) is 12.0 Å². The topological polar surface area (TPSA) is 75.4 Å². The van der Waals surface area contributed by atoms with Crippen LogP contribution >= 0.6 is 0 Å². The van der Waals surface area contributed by atoms with Gasteiger partial charge in [0.1, 0.15) is 0 Å². The summed E-state index contributed by atoms with van der Waals surface area (Å²) in [5.41, 5.74) is 0.827. The maximum atomic E-state index is 11.6. The summed E-state index contributed by atoms with van der Waals surface area (Å²) in [6.45, 7) is 3.97. The van der Waals surface area contributed by atoms with Crippen molar-refractivity contribution in [3.05, 3.63) is 18.0 Å². The molecule has 1 aromatic rings. The first-order valence-electron chi connectivity index (χ1n) is 7.56. The molecule has 6 nitrogen and oxygen atoms in total. The van der Waals surface area contributed by atoms with Crippen LogP contribution in [-0.2, 0) is 16.6 Å². The van der Waals surface area contributed by atoms with Gasteiger partial charge in [0.2, 0.25) is 10.0 Å². The normalized spacial score (nSPS) is 22.3. The monoisotopic (exact) mass is 315 g/mol. The maximum absolute atomic E-state index is 11.6. The molecule has 2 atom stereocenters. The number of piperidine rings is 1. The predicted octanol–water partition coefficient (Wildman–Crippen LogP) is 1.39. The zero-order valence-electron chi connectivity index (χ0n) is 12.8. The van der Waals surface area contributed by atoms with Crippen molar-refractivity contribution >= 4 is 10.0 Å². The van der Waals surface area contributed by atoms with E-state index in [9.17, 15) is 13.5 Å². The number of aliphatic hydroxyl groups excluding tert-OH is 1. The molecule has 0 radical (unpaired) electrons. The number of rotatable bonds is 6. The molecule has 0 bridgehead atoms. The quantitative estimate of drug-likeness (QED) is 0.861. The Morgan fingerprint density at radius 2 is 2.29 bits per heavy atom. The Morgan fingerprint density at radius 1 is 1.52 bits per heavy atom. The molecular weight excluding hydrogens is 290 g/mol. The van der Waals surface area contributed by atoms with E-state index in [1.807, 2.05) is 10.7 Å². The van der Waals surface area contributed by atoms with Crippen molar-refractivity contribution < 1.29 is 13.5 Å². The Labute approximate surface area is 126 Å². The van der Waals surface area contributed by atoms with E-state index in [1.54, 1.807) is 6.20 Å². The highest BCUT2D eigenvalue weighted by molar-refractivity contribution is 7.88. The molecule has 1 fully saturated rings. The minimum Gasteiger partial charge on any atom is -0.387 e. The summed E-state index contributed by atoms with van der Waals surface area (Å²) >= 11 is 0. The van der Waals surface area contributed by atoms with E-state index in [0.717, 1.165) is 31.5 Å². The van der Waals surface area contributed by atoms with E-state index in [-0.39, 0.29) is 5.92 Å². The van der Waals surface area contributed by atoms with Crippen LogP contribution in [0.3, 0.4) is 0 Å². The van der Waals surface area contributed by atoms with Gasteiger partial charge in [-0.3, -0.25) is 4.68 Å². The van der Waals surface area contributed by atoms with Crippen LogP contribution in [0.25, 0.3) is 0 Å². The molecule has 2 rings (SSSR count). The summed E-state index contributed by atoms with van der Waals surface area (Å²) in [4.78, 5) is 0. The lowest BCUT2D eigenvalue weighted by Gasteiger charge is -2.32. The lowest BCUT2D eigenvalue weighted by atomic mass is 9.92. The van der Waals surface area contributed by atoms with Crippen LogP contribution in [0.4, 0.5) is 0 Å². The average Bonchev–Trinajstić information content (AvgIpc) is 2.87. The second-order valence-electron chi connectivity index (χ2n) is 5.86. The fourth-order valence-electron chi connectivity index (χ4n) is 2.98. The van der Waals surface area contributed by atoms with Gasteiger partial charge in [0, 0.05) is 25.8 Å². The molecule has 0 aromatic carbocycles. The van der Waals surface area contributed by atoms with E-state index in [4.69, 9.17) is 0 Å². The van der Waals surface area contributed by atoms with Crippen molar-refractivity contribution in [3.8, 4) is 0 Å². The lowest BCUT2D eigenvalue weighted by molar-refractivity contribution is 0.114. The molecule has 2 unspecified atom stereocenters. The van der Waals surface area contributed by atoms with Crippen molar-refractivity contribution in [3.63, 3.8) is 0 Å². The van der Waals surface area contributed by atoms with Gasteiger partial charge in [-0.05, 0) is 37.7 Å². The van der Waals surface area contributed by atoms with Crippen LogP contribution in [-0.4, -0.2) is 47.0 Å². The molecule has 2 heterocycles. The van der Waals surface area contributed by atoms with Crippen molar-refractivity contribution in [2.45, 2.75) is 45.3 Å². The standard InChI is InChI=1S/C14H25N3O3S/c1-3-8-17-13(6-7-15-17)14(18)10-12-5-4-9-16(11-12)21(2,19)20/h6-7,12,14,18H,3-5,8-11H2,1-2H3. The van der Waals surface area contributed by atoms with Crippen LogP contribution in [0.2, 0.25) is 0 Å². The number of nitrogens with zero attached hydrogens (tertiary/aromatic N) is 3. The largest absolute Gasteiger partial charge is 0.387 e. The Kier molecular flexibility index (Phi) is 5.40. The van der Waals surface area contributed by atoms with Gasteiger partial charge in [0.25, 0.3) is 0 Å². The van der Waals surface area contributed by atoms with Gasteiger partial charge in [-0.15, -0.1) is 0 Å². The summed E-state index contributed by atoms with van der Waals surface area (Å²) in [6.07, 6.45) is 5.75. The number of sulfonamides is 1. The first kappa shape index (κ1) is 16.5. The fraction of sp³-hybridized carbons (Fsp3) is 0.786. The van der Waals surface area contributed by atoms with E-state index in [1.165, 1.54) is 10.6 Å². The number of aryl methyl sites for hydroxylation is 1. The van der Waals surface area contributed by atoms with Crippen molar-refractivity contribution in [2.75, 3.05) is 19.3 Å². The minimum absolute atomic E-state index is 0.202. The van der Waals surface area contributed by atoms with Gasteiger partial charge in [0.05, 0.1) is 18.1 Å². The third kappa shape index (κ3) is 4.28. The SMILES string of the molecule is CCCn1nccc1C(O)CC1CCCN(S(C)(=O)=O)C1. The zero-order chi connectivity index (χ0) is 15.5. The van der Waals surface area contributed by atoms with Gasteiger partial charge >= 0.3 is 0 Å². The fourth-order valence-corrected chi connectivity index (χ4v) is 3.92. The molecule has 0 saturated carbocycles. The van der Waals surface area contributed by atoms with Gasteiger partial charge < -0.3 is 5.11 Å². The van der Waals surface area contributed by atoms with Gasteiger partial charge in [-0.25, -0.2) is 12.7 Å². The van der Waals surface area contributed by atoms with E-state index < -0.39 is 16.1 Å². The Balaban J connectivity index is 1.99. The van der Waals surface area contributed by atoms with Crippen LogP contribution < -0.4 is 0 Å². The third-order valence-electron chi connectivity index (χ3n) is 4.03. The summed E-state index contributed by atoms with van der Waals surface area (Å²) in [6, 6.07) is 1.84. The maximum Gasteiger partial charge on any atom is 0.211 e. The first-order chi connectivity index (χ1) is 9.91. The molecular formula is C14H25N3O3S. The zero-order valence-corrected chi connectivity index (χ0v) is 13.6. The average molecular weight is 315 g/mol. The molecule has 1 aliphatic rings. The number of aromatic nitrogens is 2. The van der Waals surface area contributed by atoms with Crippen molar-refractivity contribution in [1.29, 1.82) is 0 Å². The summed E-state index contributed by atoms with van der Waals surface area (Å²) < 4.78 is 26.6. The molecule has 1 saturated heterocycles. The van der Waals surface area contributed by atoms with Gasteiger partial charge in [-0.2, -0.15) is 5.10 Å². The highest BCUT2D eigenvalue weighted by Crippen LogP contribution is 2.28. The van der Waals surface area contributed by atoms with Crippen LogP contribution in [0.15, 0.2) is 12.3 Å². The summed E-state index contributed by atoms with van der Waals surface area (Å²) in [5.74, 6) is 0.202. The Morgan fingerprint density at radius 3 is 2.95 bits per heavy atom. The number of hydrogen-bond donors (Lipinski definition) is 1. The molecule has 120 valence electrons. The molecule has 0 spiro atoms. The van der Waals surface area contributed by atoms with Crippen LogP contribution in [0, 0.1) is 5.92 Å². The summed E-state index contributed by atoms with van der Waals surface area (Å²) in [5, 5.41) is 14.7. The highest BCUT2D eigenvalue weighted by Gasteiger charge is 2.28. The Hall–Kier alpha value is -0.920. The molecule has 0 amide bonds. The number of aliphatic hydroxyl groups is 1. The van der Waals surface area contributed by atoms with Crippen LogP contribution in [0.5, 0.6) is 0 Å². The Bertz CT molecular complexity index is 556. The molecule has 1 N–H and O–H groups in total. The smallest absolute Gasteiger partial charge is 0.211 e. The highest BCUT2D eigenvalue weighted by atomic mass is 32.2. The van der Waals surface area contributed by atoms with E-state index in [0.29, 0.717) is 19.5 Å². The third-order valence-corrected chi connectivity index (χ3v) is 5.30. The molecule has 21 heavy (non-hydrogen) atoms. The molecule has 0 aliphatic carbocycles. The van der Waals surface area contributed by atoms with Crippen LogP contribution in [0.1, 0.15) is 44.4 Å². The van der Waals surface area contributed by atoms with Gasteiger partial charge in [0.15, 0.2) is 0 Å². The summed E-state index contributed by atoms with van der Waals surface area (Å²) in [7, 11) is -3.13. The first-order valence-corrected chi connectivity index (χ1v) is 9.41. The lowest BCUT2D eigenvalue weighted by Crippen LogP contribution is -2.39. The minimum atomic E-state index is -3.13. The molecule has 1 aliphatic heterocycles. The second kappa shape index (κ2) is 6.89. The second-order valence-corrected chi connectivity index (χ2v) is 7.84. The molecule has 7 heteroatoms. The number of hydrogen-bond acceptors (Lipinski definition) is 4. The van der Waals surface area contributed by atoms with Gasteiger partial charge in [-0.1, -0.05) is 6.92 Å². The van der Waals surface area contributed by atoms with Crippen molar-refractivity contribution in [2.24, 2.45) is 5.92 Å². The van der Waals surface area contributed by atoms with Crippen molar-refractivity contribution in [1.82, 2.24) is 14.1 Å². The van der Waals surface area contributed by atoms with E-state index >= 15 is 0 Å². The predicted molar refractivity (Wildman–Crippen MR) is 81.2 cm³/mol.